The van der Waals surface area contributed by atoms with Crippen LogP contribution in [-0.2, 0) is 11.2 Å². The molecule has 94 valence electrons. The Kier molecular flexibility index (Phi) is 6.27. The van der Waals surface area contributed by atoms with Gasteiger partial charge in [-0.2, -0.15) is 0 Å². The van der Waals surface area contributed by atoms with Gasteiger partial charge >= 0.3 is 0 Å². The fourth-order valence-corrected chi connectivity index (χ4v) is 2.00. The Bertz CT molecular complexity index is 363. The molecule has 0 heterocycles. The molecule has 1 atom stereocenters. The van der Waals surface area contributed by atoms with E-state index >= 15 is 0 Å². The largest absolute Gasteiger partial charge is 0.356 e. The molecule has 0 aliphatic rings. The molecule has 0 aromatic heterocycles. The van der Waals surface area contributed by atoms with E-state index in [0.29, 0.717) is 11.2 Å². The minimum absolute atomic E-state index is 0.109. The summed E-state index contributed by atoms with van der Waals surface area (Å²) in [5.74, 6) is 0.109. The van der Waals surface area contributed by atoms with Crippen molar-refractivity contribution in [2.24, 2.45) is 0 Å². The molecule has 2 nitrogen and oxygen atoms in total. The number of carbonyl (C=O) groups is 1. The average Bonchev–Trinajstić information content (AvgIpc) is 2.24. The third kappa shape index (κ3) is 6.47. The summed E-state index contributed by atoms with van der Waals surface area (Å²) in [6, 6.07) is 8.08. The molecule has 0 spiro atoms. The molecular formula is C14H20BrNO. The van der Waals surface area contributed by atoms with Gasteiger partial charge in [-0.3, -0.25) is 4.79 Å². The van der Waals surface area contributed by atoms with Gasteiger partial charge in [0.15, 0.2) is 0 Å². The van der Waals surface area contributed by atoms with Gasteiger partial charge in [-0.05, 0) is 25.3 Å². The van der Waals surface area contributed by atoms with E-state index in [2.05, 4.69) is 34.2 Å². The van der Waals surface area contributed by atoms with Gasteiger partial charge in [-0.1, -0.05) is 52.7 Å². The van der Waals surface area contributed by atoms with Crippen LogP contribution in [0.2, 0.25) is 0 Å². The van der Waals surface area contributed by atoms with Crippen molar-refractivity contribution in [2.75, 3.05) is 6.54 Å². The average molecular weight is 298 g/mol. The number of amides is 1. The van der Waals surface area contributed by atoms with Crippen molar-refractivity contribution in [1.82, 2.24) is 5.32 Å². The first-order valence-corrected chi connectivity index (χ1v) is 6.96. The maximum Gasteiger partial charge on any atom is 0.224 e. The van der Waals surface area contributed by atoms with Crippen LogP contribution < -0.4 is 5.32 Å². The molecule has 0 bridgehead atoms. The predicted octanol–water partition coefficient (Wildman–Crippen LogP) is 3.22. The third-order valence-corrected chi connectivity index (χ3v) is 3.01. The van der Waals surface area contributed by atoms with Crippen LogP contribution >= 0.6 is 15.9 Å². The Morgan fingerprint density at radius 3 is 2.88 bits per heavy atom. The van der Waals surface area contributed by atoms with Gasteiger partial charge in [0.05, 0.1) is 6.42 Å². The van der Waals surface area contributed by atoms with E-state index in [0.717, 1.165) is 24.9 Å². The summed E-state index contributed by atoms with van der Waals surface area (Å²) < 4.78 is 0. The molecule has 3 heteroatoms. The van der Waals surface area contributed by atoms with Crippen molar-refractivity contribution in [3.8, 4) is 0 Å². The molecule has 0 aliphatic heterocycles. The molecular weight excluding hydrogens is 278 g/mol. The van der Waals surface area contributed by atoms with Crippen LogP contribution in [0.4, 0.5) is 0 Å². The van der Waals surface area contributed by atoms with E-state index in [4.69, 9.17) is 0 Å². The molecule has 17 heavy (non-hydrogen) atoms. The van der Waals surface area contributed by atoms with Crippen molar-refractivity contribution < 1.29 is 4.79 Å². The number of aryl methyl sites for hydroxylation is 1. The molecule has 1 rings (SSSR count). The second-order valence-corrected chi connectivity index (χ2v) is 6.00. The van der Waals surface area contributed by atoms with Crippen molar-refractivity contribution in [1.29, 1.82) is 0 Å². The van der Waals surface area contributed by atoms with E-state index in [1.807, 2.05) is 25.1 Å². The number of rotatable bonds is 6. The summed E-state index contributed by atoms with van der Waals surface area (Å²) in [5, 5.41) is 2.95. The number of benzene rings is 1. The maximum atomic E-state index is 11.6. The van der Waals surface area contributed by atoms with Gasteiger partial charge in [0.25, 0.3) is 0 Å². The van der Waals surface area contributed by atoms with Crippen molar-refractivity contribution in [3.05, 3.63) is 35.4 Å². The van der Waals surface area contributed by atoms with Crippen LogP contribution in [0.15, 0.2) is 24.3 Å². The monoisotopic (exact) mass is 297 g/mol. The molecule has 1 amide bonds. The van der Waals surface area contributed by atoms with Gasteiger partial charge in [-0.25, -0.2) is 0 Å². The van der Waals surface area contributed by atoms with Gasteiger partial charge in [-0.15, -0.1) is 0 Å². The van der Waals surface area contributed by atoms with Gasteiger partial charge in [0.1, 0.15) is 0 Å². The first-order valence-electron chi connectivity index (χ1n) is 6.04. The molecule has 0 saturated carbocycles. The smallest absolute Gasteiger partial charge is 0.224 e. The van der Waals surface area contributed by atoms with Crippen LogP contribution in [-0.4, -0.2) is 17.3 Å². The molecule has 1 unspecified atom stereocenters. The molecule has 1 aromatic rings. The highest BCUT2D eigenvalue weighted by Gasteiger charge is 2.03. The van der Waals surface area contributed by atoms with Crippen LogP contribution in [0.5, 0.6) is 0 Å². The summed E-state index contributed by atoms with van der Waals surface area (Å²) in [6.07, 6.45) is 2.59. The Hall–Kier alpha value is -0.830. The van der Waals surface area contributed by atoms with E-state index in [1.165, 1.54) is 5.56 Å². The minimum Gasteiger partial charge on any atom is -0.356 e. The fraction of sp³-hybridized carbons (Fsp3) is 0.500. The van der Waals surface area contributed by atoms with Crippen molar-refractivity contribution in [2.45, 2.75) is 37.9 Å². The van der Waals surface area contributed by atoms with Crippen LogP contribution in [0, 0.1) is 6.92 Å². The van der Waals surface area contributed by atoms with Crippen LogP contribution in [0.3, 0.4) is 0 Å². The SMILES string of the molecule is Cc1cccc(CC(=O)NCCCC(C)Br)c1. The molecule has 0 fully saturated rings. The minimum atomic E-state index is 0.109. The summed E-state index contributed by atoms with van der Waals surface area (Å²) >= 11 is 3.49. The molecule has 0 saturated heterocycles. The quantitative estimate of drug-likeness (QED) is 0.634. The van der Waals surface area contributed by atoms with E-state index < -0.39 is 0 Å². The normalized spacial score (nSPS) is 12.2. The number of hydrogen-bond donors (Lipinski definition) is 1. The topological polar surface area (TPSA) is 29.1 Å². The second kappa shape index (κ2) is 7.49. The zero-order chi connectivity index (χ0) is 12.7. The Balaban J connectivity index is 2.25. The van der Waals surface area contributed by atoms with Crippen molar-refractivity contribution in [3.63, 3.8) is 0 Å². The molecule has 1 aromatic carbocycles. The van der Waals surface area contributed by atoms with E-state index in [-0.39, 0.29) is 5.91 Å². The highest BCUT2D eigenvalue weighted by Crippen LogP contribution is 2.06. The number of alkyl halides is 1. The molecule has 1 N–H and O–H groups in total. The van der Waals surface area contributed by atoms with Gasteiger partial charge < -0.3 is 5.32 Å². The Labute approximate surface area is 112 Å². The van der Waals surface area contributed by atoms with E-state index in [1.54, 1.807) is 0 Å². The van der Waals surface area contributed by atoms with E-state index in [9.17, 15) is 4.79 Å². The van der Waals surface area contributed by atoms with Crippen molar-refractivity contribution >= 4 is 21.8 Å². The summed E-state index contributed by atoms with van der Waals surface area (Å²) in [6.45, 7) is 4.92. The highest BCUT2D eigenvalue weighted by molar-refractivity contribution is 9.09. The highest BCUT2D eigenvalue weighted by atomic mass is 79.9. The summed E-state index contributed by atoms with van der Waals surface area (Å²) in [4.78, 5) is 12.2. The standard InChI is InChI=1S/C14H20BrNO/c1-11-5-3-7-13(9-11)10-14(17)16-8-4-6-12(2)15/h3,5,7,9,12H,4,6,8,10H2,1-2H3,(H,16,17). The summed E-state index contributed by atoms with van der Waals surface area (Å²) in [5.41, 5.74) is 2.28. The fourth-order valence-electron chi connectivity index (χ4n) is 1.68. The Morgan fingerprint density at radius 1 is 1.47 bits per heavy atom. The molecule has 0 radical (unpaired) electrons. The van der Waals surface area contributed by atoms with Crippen LogP contribution in [0.1, 0.15) is 30.9 Å². The summed E-state index contributed by atoms with van der Waals surface area (Å²) in [7, 11) is 0. The van der Waals surface area contributed by atoms with Gasteiger partial charge in [0, 0.05) is 11.4 Å². The zero-order valence-electron chi connectivity index (χ0n) is 10.5. The number of halogens is 1. The first kappa shape index (κ1) is 14.2. The lowest BCUT2D eigenvalue weighted by molar-refractivity contribution is -0.120. The zero-order valence-corrected chi connectivity index (χ0v) is 12.1. The second-order valence-electron chi connectivity index (χ2n) is 4.44. The number of nitrogens with one attached hydrogen (secondary N) is 1. The number of carbonyl (C=O) groups excluding carboxylic acids is 1. The molecule has 0 aliphatic carbocycles. The predicted molar refractivity (Wildman–Crippen MR) is 75.5 cm³/mol. The lowest BCUT2D eigenvalue weighted by atomic mass is 10.1. The maximum absolute atomic E-state index is 11.6. The van der Waals surface area contributed by atoms with Gasteiger partial charge in [0.2, 0.25) is 5.91 Å². The lowest BCUT2D eigenvalue weighted by Gasteiger charge is -2.06. The van der Waals surface area contributed by atoms with Crippen LogP contribution in [0.25, 0.3) is 0 Å². The number of hydrogen-bond acceptors (Lipinski definition) is 1. The lowest BCUT2D eigenvalue weighted by Crippen LogP contribution is -2.26. The Morgan fingerprint density at radius 2 is 2.24 bits per heavy atom. The first-order chi connectivity index (χ1) is 8.08. The third-order valence-electron chi connectivity index (χ3n) is 2.55.